The van der Waals surface area contributed by atoms with E-state index >= 15 is 0 Å². The molecular weight excluding hydrogens is 288 g/mol. The molecule has 2 aromatic rings. The van der Waals surface area contributed by atoms with Crippen LogP contribution in [0.1, 0.15) is 16.7 Å². The number of nitrogens with zero attached hydrogens (tertiary/aromatic N) is 1. The predicted octanol–water partition coefficient (Wildman–Crippen LogP) is 2.11. The Bertz CT molecular complexity index is 811. The lowest BCUT2D eigenvalue weighted by Crippen LogP contribution is -2.58. The van der Waals surface area contributed by atoms with Gasteiger partial charge in [-0.15, -0.1) is 0 Å². The van der Waals surface area contributed by atoms with Gasteiger partial charge in [-0.3, -0.25) is 9.59 Å². The van der Waals surface area contributed by atoms with E-state index in [-0.39, 0.29) is 11.8 Å². The molecule has 0 aliphatic carbocycles. The van der Waals surface area contributed by atoms with Crippen molar-refractivity contribution in [2.24, 2.45) is 0 Å². The average molecular weight is 304 g/mol. The van der Waals surface area contributed by atoms with E-state index in [9.17, 15) is 9.59 Å². The second kappa shape index (κ2) is 5.39. The number of hydrogen-bond donors (Lipinski definition) is 1. The fourth-order valence-corrected chi connectivity index (χ4v) is 3.21. The van der Waals surface area contributed by atoms with Gasteiger partial charge in [0.15, 0.2) is 0 Å². The maximum absolute atomic E-state index is 12.8. The van der Waals surface area contributed by atoms with Crippen LogP contribution in [0.25, 0.3) is 6.08 Å². The first-order chi connectivity index (χ1) is 11.2. The van der Waals surface area contributed by atoms with Crippen LogP contribution in [0.5, 0.6) is 0 Å². The Morgan fingerprint density at radius 2 is 1.65 bits per heavy atom. The SMILES string of the molecule is O=C1N/C(=C/c2ccccc2)C(=O)N2Cc3ccccc3C[C@@H]12. The van der Waals surface area contributed by atoms with E-state index in [2.05, 4.69) is 5.32 Å². The van der Waals surface area contributed by atoms with Gasteiger partial charge in [-0.2, -0.15) is 0 Å². The topological polar surface area (TPSA) is 49.4 Å². The largest absolute Gasteiger partial charge is 0.321 e. The fourth-order valence-electron chi connectivity index (χ4n) is 3.21. The monoisotopic (exact) mass is 304 g/mol. The number of piperazine rings is 1. The molecule has 0 radical (unpaired) electrons. The molecule has 2 aromatic carbocycles. The van der Waals surface area contributed by atoms with E-state index in [1.807, 2.05) is 54.6 Å². The highest BCUT2D eigenvalue weighted by Gasteiger charge is 2.40. The molecule has 0 unspecified atom stereocenters. The van der Waals surface area contributed by atoms with Crippen molar-refractivity contribution in [3.63, 3.8) is 0 Å². The van der Waals surface area contributed by atoms with E-state index in [1.54, 1.807) is 11.0 Å². The van der Waals surface area contributed by atoms with Crippen LogP contribution in [0, 0.1) is 0 Å². The molecule has 1 N–H and O–H groups in total. The van der Waals surface area contributed by atoms with Gasteiger partial charge < -0.3 is 10.2 Å². The summed E-state index contributed by atoms with van der Waals surface area (Å²) in [7, 11) is 0. The van der Waals surface area contributed by atoms with Gasteiger partial charge in [0.2, 0.25) is 5.91 Å². The molecule has 114 valence electrons. The molecule has 2 aliphatic heterocycles. The molecule has 1 fully saturated rings. The number of amides is 2. The second-order valence-electron chi connectivity index (χ2n) is 5.88. The zero-order chi connectivity index (χ0) is 15.8. The molecule has 0 aromatic heterocycles. The summed E-state index contributed by atoms with van der Waals surface area (Å²) in [4.78, 5) is 26.9. The summed E-state index contributed by atoms with van der Waals surface area (Å²) in [5, 5.41) is 2.78. The number of rotatable bonds is 1. The minimum absolute atomic E-state index is 0.110. The van der Waals surface area contributed by atoms with Gasteiger partial charge in [0.25, 0.3) is 5.91 Å². The fraction of sp³-hybridized carbons (Fsp3) is 0.158. The number of carbonyl (C=O) groups excluding carboxylic acids is 2. The highest BCUT2D eigenvalue weighted by atomic mass is 16.2. The van der Waals surface area contributed by atoms with Crippen LogP contribution in [0.3, 0.4) is 0 Å². The summed E-state index contributed by atoms with van der Waals surface area (Å²) in [6.07, 6.45) is 2.31. The maximum atomic E-state index is 12.8. The normalized spacial score (nSPS) is 21.7. The molecule has 4 heteroatoms. The molecule has 2 amide bonds. The smallest absolute Gasteiger partial charge is 0.271 e. The highest BCUT2D eigenvalue weighted by Crippen LogP contribution is 2.27. The first-order valence-corrected chi connectivity index (χ1v) is 7.68. The molecule has 4 rings (SSSR count). The Balaban J connectivity index is 1.69. The number of carbonyl (C=O) groups is 2. The van der Waals surface area contributed by atoms with Crippen molar-refractivity contribution < 1.29 is 9.59 Å². The molecule has 4 nitrogen and oxygen atoms in total. The highest BCUT2D eigenvalue weighted by molar-refractivity contribution is 6.07. The maximum Gasteiger partial charge on any atom is 0.271 e. The van der Waals surface area contributed by atoms with E-state index in [0.29, 0.717) is 18.7 Å². The van der Waals surface area contributed by atoms with E-state index in [0.717, 1.165) is 16.7 Å². The van der Waals surface area contributed by atoms with Gasteiger partial charge in [0.05, 0.1) is 0 Å². The van der Waals surface area contributed by atoms with E-state index < -0.39 is 6.04 Å². The van der Waals surface area contributed by atoms with Crippen molar-refractivity contribution in [1.82, 2.24) is 10.2 Å². The van der Waals surface area contributed by atoms with Crippen molar-refractivity contribution in [3.8, 4) is 0 Å². The molecule has 1 atom stereocenters. The third kappa shape index (κ3) is 2.42. The van der Waals surface area contributed by atoms with Crippen molar-refractivity contribution in [2.45, 2.75) is 19.0 Å². The van der Waals surface area contributed by atoms with Crippen LogP contribution in [0.4, 0.5) is 0 Å². The Morgan fingerprint density at radius 1 is 0.957 bits per heavy atom. The van der Waals surface area contributed by atoms with Gasteiger partial charge >= 0.3 is 0 Å². The van der Waals surface area contributed by atoms with Gasteiger partial charge in [-0.05, 0) is 22.8 Å². The van der Waals surface area contributed by atoms with Gasteiger partial charge in [-0.1, -0.05) is 54.6 Å². The Labute approximate surface area is 134 Å². The zero-order valence-corrected chi connectivity index (χ0v) is 12.5. The predicted molar refractivity (Wildman–Crippen MR) is 87.0 cm³/mol. The first-order valence-electron chi connectivity index (χ1n) is 7.68. The summed E-state index contributed by atoms with van der Waals surface area (Å²) >= 11 is 0. The average Bonchev–Trinajstić information content (AvgIpc) is 2.59. The molecule has 0 spiro atoms. The lowest BCUT2D eigenvalue weighted by atomic mass is 9.91. The van der Waals surface area contributed by atoms with E-state index in [1.165, 1.54) is 0 Å². The molecule has 2 heterocycles. The molecule has 23 heavy (non-hydrogen) atoms. The van der Waals surface area contributed by atoms with Crippen molar-refractivity contribution in [2.75, 3.05) is 0 Å². The van der Waals surface area contributed by atoms with Crippen LogP contribution in [0.15, 0.2) is 60.3 Å². The molecule has 0 bridgehead atoms. The van der Waals surface area contributed by atoms with Crippen LogP contribution in [0.2, 0.25) is 0 Å². The number of hydrogen-bond acceptors (Lipinski definition) is 2. The molecule has 0 saturated carbocycles. The third-order valence-corrected chi connectivity index (χ3v) is 4.41. The van der Waals surface area contributed by atoms with Gasteiger partial charge in [-0.25, -0.2) is 0 Å². The van der Waals surface area contributed by atoms with Gasteiger partial charge in [0, 0.05) is 13.0 Å². The Hall–Kier alpha value is -2.88. The minimum atomic E-state index is -0.412. The van der Waals surface area contributed by atoms with Crippen LogP contribution >= 0.6 is 0 Å². The number of benzene rings is 2. The lowest BCUT2D eigenvalue weighted by Gasteiger charge is -2.39. The Morgan fingerprint density at radius 3 is 2.43 bits per heavy atom. The standard InChI is InChI=1S/C19H16N2O2/c22-18-17-11-14-8-4-5-9-15(14)12-21(17)19(23)16(20-18)10-13-6-2-1-3-7-13/h1-10,17H,11-12H2,(H,20,22)/b16-10+/t17-/m0/s1. The lowest BCUT2D eigenvalue weighted by molar-refractivity contribution is -0.143. The summed E-state index contributed by atoms with van der Waals surface area (Å²) < 4.78 is 0. The first kappa shape index (κ1) is 13.8. The quantitative estimate of drug-likeness (QED) is 0.820. The number of fused-ring (bicyclic) bond motifs is 2. The van der Waals surface area contributed by atoms with Crippen LogP contribution in [-0.2, 0) is 22.6 Å². The molecule has 2 aliphatic rings. The van der Waals surface area contributed by atoms with Crippen molar-refractivity contribution >= 4 is 17.9 Å². The minimum Gasteiger partial charge on any atom is -0.321 e. The Kier molecular flexibility index (Phi) is 3.23. The van der Waals surface area contributed by atoms with Gasteiger partial charge in [0.1, 0.15) is 11.7 Å². The van der Waals surface area contributed by atoms with Crippen molar-refractivity contribution in [3.05, 3.63) is 77.0 Å². The summed E-state index contributed by atoms with van der Waals surface area (Å²) in [5.41, 5.74) is 3.50. The van der Waals surface area contributed by atoms with Crippen LogP contribution in [-0.4, -0.2) is 22.8 Å². The third-order valence-electron chi connectivity index (χ3n) is 4.41. The molecular formula is C19H16N2O2. The summed E-state index contributed by atoms with van der Waals surface area (Å²) in [6, 6.07) is 17.1. The summed E-state index contributed by atoms with van der Waals surface area (Å²) in [5.74, 6) is -0.228. The van der Waals surface area contributed by atoms with E-state index in [4.69, 9.17) is 0 Å². The number of nitrogens with one attached hydrogen (secondary N) is 1. The van der Waals surface area contributed by atoms with Crippen molar-refractivity contribution in [1.29, 1.82) is 0 Å². The molecule has 1 saturated heterocycles. The summed E-state index contributed by atoms with van der Waals surface area (Å²) in [6.45, 7) is 0.485. The second-order valence-corrected chi connectivity index (χ2v) is 5.88. The zero-order valence-electron chi connectivity index (χ0n) is 12.5. The van der Waals surface area contributed by atoms with Crippen LogP contribution < -0.4 is 5.32 Å².